The predicted octanol–water partition coefficient (Wildman–Crippen LogP) is 0.299. The summed E-state index contributed by atoms with van der Waals surface area (Å²) in [5.74, 6) is 1.79. The van der Waals surface area contributed by atoms with Gasteiger partial charge in [-0.05, 0) is 0 Å². The number of hydrogen-bond acceptors (Lipinski definition) is 4. The van der Waals surface area contributed by atoms with E-state index in [9.17, 15) is 4.21 Å². The van der Waals surface area contributed by atoms with Gasteiger partial charge in [0.1, 0.15) is 0 Å². The average Bonchev–Trinajstić information content (AvgIpc) is 2.31. The van der Waals surface area contributed by atoms with Crippen LogP contribution in [-0.4, -0.2) is 26.4 Å². The van der Waals surface area contributed by atoms with Crippen molar-refractivity contribution in [2.75, 3.05) is 12.0 Å². The summed E-state index contributed by atoms with van der Waals surface area (Å²) < 4.78 is 15.4. The van der Waals surface area contributed by atoms with Crippen molar-refractivity contribution < 1.29 is 8.73 Å². The molecule has 62 valence electrons. The van der Waals surface area contributed by atoms with Crippen LogP contribution in [0.2, 0.25) is 0 Å². The Balaban J connectivity index is 2.45. The SMILES string of the molecule is Cc1nc(CCS(C)=O)no1. The zero-order chi connectivity index (χ0) is 8.27. The Bertz CT molecular complexity index is 259. The van der Waals surface area contributed by atoms with E-state index in [1.165, 1.54) is 0 Å². The molecule has 1 atom stereocenters. The Morgan fingerprint density at radius 3 is 2.82 bits per heavy atom. The van der Waals surface area contributed by atoms with Gasteiger partial charge in [-0.15, -0.1) is 0 Å². The minimum atomic E-state index is -0.778. The lowest BCUT2D eigenvalue weighted by Gasteiger charge is -1.88. The predicted molar refractivity (Wildman–Crippen MR) is 41.7 cm³/mol. The molecule has 1 unspecified atom stereocenters. The third-order valence-corrected chi connectivity index (χ3v) is 1.96. The van der Waals surface area contributed by atoms with Crippen molar-refractivity contribution in [2.45, 2.75) is 13.3 Å². The van der Waals surface area contributed by atoms with E-state index in [1.807, 2.05) is 0 Å². The summed E-state index contributed by atoms with van der Waals surface area (Å²) in [5, 5.41) is 3.67. The van der Waals surface area contributed by atoms with Gasteiger partial charge in [0.15, 0.2) is 5.82 Å². The van der Waals surface area contributed by atoms with Crippen molar-refractivity contribution in [1.82, 2.24) is 10.1 Å². The van der Waals surface area contributed by atoms with Crippen LogP contribution < -0.4 is 0 Å². The van der Waals surface area contributed by atoms with Crippen LogP contribution in [0.5, 0.6) is 0 Å². The van der Waals surface area contributed by atoms with Gasteiger partial charge in [-0.1, -0.05) is 5.16 Å². The van der Waals surface area contributed by atoms with Gasteiger partial charge in [-0.2, -0.15) is 4.98 Å². The van der Waals surface area contributed by atoms with Crippen molar-refractivity contribution in [3.05, 3.63) is 11.7 Å². The molecule has 1 rings (SSSR count). The van der Waals surface area contributed by atoms with Gasteiger partial charge < -0.3 is 4.52 Å². The number of aryl methyl sites for hydroxylation is 2. The minimum absolute atomic E-state index is 0.557. The molecule has 0 spiro atoms. The maximum Gasteiger partial charge on any atom is 0.223 e. The number of hydrogen-bond donors (Lipinski definition) is 0. The van der Waals surface area contributed by atoms with Crippen LogP contribution in [0.3, 0.4) is 0 Å². The second-order valence-electron chi connectivity index (χ2n) is 2.26. The molecule has 0 N–H and O–H groups in total. The fraction of sp³-hybridized carbons (Fsp3) is 0.667. The summed E-state index contributed by atoms with van der Waals surface area (Å²) in [5.41, 5.74) is 0. The Morgan fingerprint density at radius 1 is 1.64 bits per heavy atom. The van der Waals surface area contributed by atoms with Gasteiger partial charge in [0.25, 0.3) is 0 Å². The molecule has 1 heterocycles. The van der Waals surface area contributed by atoms with E-state index in [4.69, 9.17) is 4.52 Å². The lowest BCUT2D eigenvalue weighted by molar-refractivity contribution is 0.388. The van der Waals surface area contributed by atoms with Crippen LogP contribution in [0.15, 0.2) is 4.52 Å². The molecule has 0 fully saturated rings. The van der Waals surface area contributed by atoms with Crippen molar-refractivity contribution in [1.29, 1.82) is 0 Å². The maximum absolute atomic E-state index is 10.6. The molecule has 5 heteroatoms. The van der Waals surface area contributed by atoms with Crippen LogP contribution in [0.1, 0.15) is 11.7 Å². The van der Waals surface area contributed by atoms with Crippen LogP contribution in [0.25, 0.3) is 0 Å². The molecule has 0 aliphatic carbocycles. The zero-order valence-electron chi connectivity index (χ0n) is 6.53. The minimum Gasteiger partial charge on any atom is -0.340 e. The normalized spacial score (nSPS) is 13.3. The molecule has 1 aromatic rings. The second kappa shape index (κ2) is 3.61. The fourth-order valence-electron chi connectivity index (χ4n) is 0.678. The maximum atomic E-state index is 10.6. The highest BCUT2D eigenvalue weighted by molar-refractivity contribution is 7.84. The van der Waals surface area contributed by atoms with Crippen LogP contribution in [-0.2, 0) is 17.2 Å². The van der Waals surface area contributed by atoms with Gasteiger partial charge in [0, 0.05) is 36.2 Å². The first-order chi connectivity index (χ1) is 5.18. The Hall–Kier alpha value is -0.710. The molecule has 4 nitrogen and oxygen atoms in total. The molecular formula is C6H10N2O2S. The third-order valence-electron chi connectivity index (χ3n) is 1.18. The fourth-order valence-corrected chi connectivity index (χ4v) is 1.15. The lowest BCUT2D eigenvalue weighted by Crippen LogP contribution is -1.99. The summed E-state index contributed by atoms with van der Waals surface area (Å²) in [7, 11) is -0.778. The molecule has 0 aliphatic rings. The monoisotopic (exact) mass is 174 g/mol. The molecule has 0 radical (unpaired) electrons. The van der Waals surface area contributed by atoms with E-state index in [2.05, 4.69) is 10.1 Å². The summed E-state index contributed by atoms with van der Waals surface area (Å²) in [6, 6.07) is 0. The summed E-state index contributed by atoms with van der Waals surface area (Å²) in [6.45, 7) is 1.74. The van der Waals surface area contributed by atoms with Crippen molar-refractivity contribution in [3.8, 4) is 0 Å². The summed E-state index contributed by atoms with van der Waals surface area (Å²) in [6.07, 6.45) is 2.29. The molecular weight excluding hydrogens is 164 g/mol. The highest BCUT2D eigenvalue weighted by Gasteiger charge is 2.01. The Kier molecular flexibility index (Phi) is 2.76. The van der Waals surface area contributed by atoms with E-state index < -0.39 is 10.8 Å². The lowest BCUT2D eigenvalue weighted by atomic mass is 10.5. The Labute approximate surface area is 67.5 Å². The second-order valence-corrected chi connectivity index (χ2v) is 3.81. The van der Waals surface area contributed by atoms with Crippen molar-refractivity contribution in [2.24, 2.45) is 0 Å². The van der Waals surface area contributed by atoms with Gasteiger partial charge in [0.2, 0.25) is 5.89 Å². The zero-order valence-corrected chi connectivity index (χ0v) is 7.35. The first-order valence-corrected chi connectivity index (χ1v) is 5.00. The average molecular weight is 174 g/mol. The highest BCUT2D eigenvalue weighted by atomic mass is 32.2. The van der Waals surface area contributed by atoms with E-state index in [0.29, 0.717) is 23.9 Å². The quantitative estimate of drug-likeness (QED) is 0.661. The van der Waals surface area contributed by atoms with E-state index in [1.54, 1.807) is 13.2 Å². The van der Waals surface area contributed by atoms with Crippen molar-refractivity contribution >= 4 is 10.8 Å². The largest absolute Gasteiger partial charge is 0.340 e. The van der Waals surface area contributed by atoms with Gasteiger partial charge in [-0.3, -0.25) is 4.21 Å². The number of aromatic nitrogens is 2. The molecule has 0 amide bonds. The van der Waals surface area contributed by atoms with Gasteiger partial charge in [-0.25, -0.2) is 0 Å². The third kappa shape index (κ3) is 2.80. The van der Waals surface area contributed by atoms with E-state index >= 15 is 0 Å². The molecule has 0 bridgehead atoms. The van der Waals surface area contributed by atoms with Crippen LogP contribution >= 0.6 is 0 Å². The van der Waals surface area contributed by atoms with Crippen LogP contribution in [0, 0.1) is 6.92 Å². The first-order valence-electron chi connectivity index (χ1n) is 3.27. The molecule has 0 saturated heterocycles. The summed E-state index contributed by atoms with van der Waals surface area (Å²) in [4.78, 5) is 3.97. The first kappa shape index (κ1) is 8.39. The standard InChI is InChI=1S/C6H10N2O2S/c1-5-7-6(8-10-5)3-4-11(2)9/h3-4H2,1-2H3. The molecule has 0 aromatic carbocycles. The van der Waals surface area contributed by atoms with Gasteiger partial charge >= 0.3 is 0 Å². The molecule has 1 aromatic heterocycles. The Morgan fingerprint density at radius 2 is 2.36 bits per heavy atom. The van der Waals surface area contributed by atoms with E-state index in [-0.39, 0.29) is 0 Å². The number of nitrogens with zero attached hydrogens (tertiary/aromatic N) is 2. The van der Waals surface area contributed by atoms with E-state index in [0.717, 1.165) is 0 Å². The smallest absolute Gasteiger partial charge is 0.223 e. The van der Waals surface area contributed by atoms with Gasteiger partial charge in [0.05, 0.1) is 0 Å². The molecule has 11 heavy (non-hydrogen) atoms. The van der Waals surface area contributed by atoms with Crippen molar-refractivity contribution in [3.63, 3.8) is 0 Å². The molecule has 0 aliphatic heterocycles. The number of rotatable bonds is 3. The van der Waals surface area contributed by atoms with Crippen LogP contribution in [0.4, 0.5) is 0 Å². The molecule has 0 saturated carbocycles. The highest BCUT2D eigenvalue weighted by Crippen LogP contribution is 1.96. The summed E-state index contributed by atoms with van der Waals surface area (Å²) >= 11 is 0. The topological polar surface area (TPSA) is 56.0 Å².